The molecule has 0 bridgehead atoms. The van der Waals surface area contributed by atoms with Crippen LogP contribution in [0, 0.1) is 0 Å². The second kappa shape index (κ2) is 6.58. The molecule has 0 unspecified atom stereocenters. The van der Waals surface area contributed by atoms with Gasteiger partial charge in [-0.25, -0.2) is 0 Å². The highest BCUT2D eigenvalue weighted by Gasteiger charge is 2.18. The van der Waals surface area contributed by atoms with E-state index in [1.807, 2.05) is 0 Å². The van der Waals surface area contributed by atoms with E-state index in [1.165, 1.54) is 49.8 Å². The van der Waals surface area contributed by atoms with Crippen molar-refractivity contribution in [2.75, 3.05) is 11.9 Å². The minimum Gasteiger partial charge on any atom is -0.371 e. The zero-order valence-corrected chi connectivity index (χ0v) is 12.7. The van der Waals surface area contributed by atoms with E-state index in [9.17, 15) is 0 Å². The molecule has 0 heterocycles. The quantitative estimate of drug-likeness (QED) is 0.853. The van der Waals surface area contributed by atoms with Gasteiger partial charge in [0.25, 0.3) is 0 Å². The third-order valence-electron chi connectivity index (χ3n) is 4.01. The first-order valence-electron chi connectivity index (χ1n) is 6.93. The Morgan fingerprint density at radius 3 is 2.50 bits per heavy atom. The molecular formula is C15H23BrN2. The molecular weight excluding hydrogens is 288 g/mol. The van der Waals surface area contributed by atoms with Crippen LogP contribution in [0.4, 0.5) is 5.69 Å². The first-order chi connectivity index (χ1) is 8.72. The molecule has 0 radical (unpaired) electrons. The molecule has 0 aromatic heterocycles. The molecule has 1 aliphatic carbocycles. The molecule has 18 heavy (non-hydrogen) atoms. The van der Waals surface area contributed by atoms with Gasteiger partial charge < -0.3 is 10.6 Å². The lowest BCUT2D eigenvalue weighted by atomic mass is 10.0. The first-order valence-corrected chi connectivity index (χ1v) is 7.73. The van der Waals surface area contributed by atoms with E-state index < -0.39 is 0 Å². The highest BCUT2D eigenvalue weighted by molar-refractivity contribution is 9.10. The molecule has 1 aromatic carbocycles. The second-order valence-corrected chi connectivity index (χ2v) is 6.15. The van der Waals surface area contributed by atoms with Crippen LogP contribution in [-0.4, -0.2) is 13.1 Å². The number of benzene rings is 1. The van der Waals surface area contributed by atoms with Crippen molar-refractivity contribution >= 4 is 21.6 Å². The maximum Gasteiger partial charge on any atom is 0.0412 e. The van der Waals surface area contributed by atoms with Gasteiger partial charge in [-0.05, 0) is 36.6 Å². The molecule has 2 nitrogen and oxygen atoms in total. The fourth-order valence-electron chi connectivity index (χ4n) is 2.90. The van der Waals surface area contributed by atoms with Gasteiger partial charge in [0.1, 0.15) is 0 Å². The van der Waals surface area contributed by atoms with Gasteiger partial charge in [-0.3, -0.25) is 0 Å². The summed E-state index contributed by atoms with van der Waals surface area (Å²) >= 11 is 3.52. The number of halogens is 1. The van der Waals surface area contributed by atoms with Crippen LogP contribution in [0.3, 0.4) is 0 Å². The number of hydrogen-bond donors (Lipinski definition) is 1. The molecule has 3 heteroatoms. The van der Waals surface area contributed by atoms with Crippen LogP contribution in [0.5, 0.6) is 0 Å². The smallest absolute Gasteiger partial charge is 0.0412 e. The van der Waals surface area contributed by atoms with Crippen LogP contribution < -0.4 is 10.6 Å². The maximum absolute atomic E-state index is 5.87. The lowest BCUT2D eigenvalue weighted by molar-refractivity contribution is 0.552. The van der Waals surface area contributed by atoms with Crippen molar-refractivity contribution < 1.29 is 0 Å². The molecule has 0 saturated heterocycles. The number of anilines is 1. The SMILES string of the molecule is CN(c1ccc(Br)cc1CN)C1CCCCCC1. The van der Waals surface area contributed by atoms with Crippen LogP contribution in [0.2, 0.25) is 0 Å². The first kappa shape index (κ1) is 13.9. The van der Waals surface area contributed by atoms with Gasteiger partial charge in [0.05, 0.1) is 0 Å². The molecule has 0 atom stereocenters. The molecule has 0 aliphatic heterocycles. The van der Waals surface area contributed by atoms with Crippen LogP contribution in [0.25, 0.3) is 0 Å². The molecule has 2 rings (SSSR count). The predicted molar refractivity (Wildman–Crippen MR) is 81.9 cm³/mol. The summed E-state index contributed by atoms with van der Waals surface area (Å²) < 4.78 is 1.11. The number of nitrogens with zero attached hydrogens (tertiary/aromatic N) is 1. The zero-order chi connectivity index (χ0) is 13.0. The molecule has 1 fully saturated rings. The van der Waals surface area contributed by atoms with Gasteiger partial charge in [-0.2, -0.15) is 0 Å². The minimum atomic E-state index is 0.603. The second-order valence-electron chi connectivity index (χ2n) is 5.23. The van der Waals surface area contributed by atoms with Gasteiger partial charge >= 0.3 is 0 Å². The lowest BCUT2D eigenvalue weighted by Crippen LogP contribution is -2.32. The fraction of sp³-hybridized carbons (Fsp3) is 0.600. The van der Waals surface area contributed by atoms with E-state index in [1.54, 1.807) is 0 Å². The zero-order valence-electron chi connectivity index (χ0n) is 11.2. The van der Waals surface area contributed by atoms with Gasteiger partial charge in [-0.1, -0.05) is 41.6 Å². The van der Waals surface area contributed by atoms with Crippen molar-refractivity contribution in [1.82, 2.24) is 0 Å². The Hall–Kier alpha value is -0.540. The molecule has 100 valence electrons. The van der Waals surface area contributed by atoms with Crippen molar-refractivity contribution in [3.8, 4) is 0 Å². The molecule has 0 amide bonds. The summed E-state index contributed by atoms with van der Waals surface area (Å²) in [7, 11) is 2.22. The monoisotopic (exact) mass is 310 g/mol. The summed E-state index contributed by atoms with van der Waals surface area (Å²) in [4.78, 5) is 2.44. The highest BCUT2D eigenvalue weighted by atomic mass is 79.9. The fourth-order valence-corrected chi connectivity index (χ4v) is 3.31. The molecule has 2 N–H and O–H groups in total. The Bertz CT molecular complexity index is 384. The topological polar surface area (TPSA) is 29.3 Å². The van der Waals surface area contributed by atoms with E-state index in [0.717, 1.165) is 4.47 Å². The average molecular weight is 311 g/mol. The Morgan fingerprint density at radius 1 is 1.22 bits per heavy atom. The van der Waals surface area contributed by atoms with Crippen molar-refractivity contribution in [2.24, 2.45) is 5.73 Å². The van der Waals surface area contributed by atoms with E-state index in [0.29, 0.717) is 12.6 Å². The summed E-state index contributed by atoms with van der Waals surface area (Å²) in [5, 5.41) is 0. The molecule has 0 spiro atoms. The molecule has 1 aliphatic rings. The summed E-state index contributed by atoms with van der Waals surface area (Å²) in [6, 6.07) is 7.13. The standard InChI is InChI=1S/C15H23BrN2/c1-18(14-6-4-2-3-5-7-14)15-9-8-13(16)10-12(15)11-17/h8-10,14H,2-7,11,17H2,1H3. The highest BCUT2D eigenvalue weighted by Crippen LogP contribution is 2.29. The van der Waals surface area contributed by atoms with E-state index in [2.05, 4.69) is 46.1 Å². The van der Waals surface area contributed by atoms with Crippen LogP contribution in [-0.2, 0) is 6.54 Å². The third kappa shape index (κ3) is 3.27. The van der Waals surface area contributed by atoms with Crippen molar-refractivity contribution in [1.29, 1.82) is 0 Å². The average Bonchev–Trinajstić information content (AvgIpc) is 2.66. The summed E-state index contributed by atoms with van der Waals surface area (Å²) in [6.45, 7) is 0.603. The number of hydrogen-bond acceptors (Lipinski definition) is 2. The van der Waals surface area contributed by atoms with Crippen molar-refractivity contribution in [3.63, 3.8) is 0 Å². The van der Waals surface area contributed by atoms with Crippen LogP contribution >= 0.6 is 15.9 Å². The Morgan fingerprint density at radius 2 is 1.89 bits per heavy atom. The van der Waals surface area contributed by atoms with E-state index in [-0.39, 0.29) is 0 Å². The van der Waals surface area contributed by atoms with Gasteiger partial charge in [-0.15, -0.1) is 0 Å². The summed E-state index contributed by atoms with van der Waals surface area (Å²) in [5.74, 6) is 0. The largest absolute Gasteiger partial charge is 0.371 e. The Labute approximate surface area is 119 Å². The van der Waals surface area contributed by atoms with E-state index >= 15 is 0 Å². The van der Waals surface area contributed by atoms with Crippen LogP contribution in [0.15, 0.2) is 22.7 Å². The third-order valence-corrected chi connectivity index (χ3v) is 4.51. The van der Waals surface area contributed by atoms with Crippen molar-refractivity contribution in [2.45, 2.75) is 51.1 Å². The number of nitrogens with two attached hydrogens (primary N) is 1. The Balaban J connectivity index is 2.18. The van der Waals surface area contributed by atoms with E-state index in [4.69, 9.17) is 5.73 Å². The Kier molecular flexibility index (Phi) is 5.07. The van der Waals surface area contributed by atoms with Gasteiger partial charge in [0, 0.05) is 29.8 Å². The normalized spacial score (nSPS) is 17.5. The van der Waals surface area contributed by atoms with Crippen LogP contribution in [0.1, 0.15) is 44.1 Å². The maximum atomic E-state index is 5.87. The predicted octanol–water partition coefficient (Wildman–Crippen LogP) is 4.07. The minimum absolute atomic E-state index is 0.603. The van der Waals surface area contributed by atoms with Gasteiger partial charge in [0.2, 0.25) is 0 Å². The summed E-state index contributed by atoms with van der Waals surface area (Å²) in [6.07, 6.45) is 8.16. The lowest BCUT2D eigenvalue weighted by Gasteiger charge is -2.31. The molecule has 1 aromatic rings. The van der Waals surface area contributed by atoms with Crippen molar-refractivity contribution in [3.05, 3.63) is 28.2 Å². The number of rotatable bonds is 3. The molecule has 1 saturated carbocycles. The summed E-state index contributed by atoms with van der Waals surface area (Å²) in [5.41, 5.74) is 8.40. The van der Waals surface area contributed by atoms with Gasteiger partial charge in [0.15, 0.2) is 0 Å².